The summed E-state index contributed by atoms with van der Waals surface area (Å²) in [6, 6.07) is 11.0. The Kier molecular flexibility index (Phi) is 4.20. The van der Waals surface area contributed by atoms with Crippen molar-refractivity contribution in [1.29, 1.82) is 0 Å². The zero-order valence-corrected chi connectivity index (χ0v) is 13.0. The van der Waals surface area contributed by atoms with Gasteiger partial charge in [0.05, 0.1) is 17.7 Å². The van der Waals surface area contributed by atoms with Crippen LogP contribution in [0.25, 0.3) is 0 Å². The number of rotatable bonds is 4. The van der Waals surface area contributed by atoms with Crippen LogP contribution in [0, 0.1) is 0 Å². The normalized spacial score (nSPS) is 11.1. The maximum atomic E-state index is 12.2. The van der Waals surface area contributed by atoms with E-state index in [0.29, 0.717) is 21.6 Å². The number of anilines is 2. The summed E-state index contributed by atoms with van der Waals surface area (Å²) in [5, 5.41) is 0. The highest BCUT2D eigenvalue weighted by molar-refractivity contribution is 9.10. The SMILES string of the molecule is COc1ccc(S(=O)(=O)Nc2ccc(N)cc2Br)cc1. The van der Waals surface area contributed by atoms with Gasteiger partial charge in [0.25, 0.3) is 10.0 Å². The first-order chi connectivity index (χ1) is 9.42. The van der Waals surface area contributed by atoms with Gasteiger partial charge in [-0.25, -0.2) is 8.42 Å². The summed E-state index contributed by atoms with van der Waals surface area (Å²) in [5.41, 5.74) is 6.58. The molecule has 0 spiro atoms. The van der Waals surface area contributed by atoms with Crippen molar-refractivity contribution in [3.8, 4) is 5.75 Å². The van der Waals surface area contributed by atoms with Crippen LogP contribution in [0.2, 0.25) is 0 Å². The van der Waals surface area contributed by atoms with Crippen LogP contribution in [0.15, 0.2) is 51.8 Å². The number of hydrogen-bond donors (Lipinski definition) is 2. The van der Waals surface area contributed by atoms with Crippen molar-refractivity contribution in [2.75, 3.05) is 17.6 Å². The van der Waals surface area contributed by atoms with Crippen LogP contribution in [0.4, 0.5) is 11.4 Å². The van der Waals surface area contributed by atoms with E-state index in [1.807, 2.05) is 0 Å². The lowest BCUT2D eigenvalue weighted by molar-refractivity contribution is 0.414. The number of nitrogens with one attached hydrogen (secondary N) is 1. The van der Waals surface area contributed by atoms with Gasteiger partial charge in [-0.2, -0.15) is 0 Å². The first-order valence-corrected chi connectivity index (χ1v) is 7.92. The lowest BCUT2D eigenvalue weighted by Gasteiger charge is -2.10. The van der Waals surface area contributed by atoms with Crippen molar-refractivity contribution in [1.82, 2.24) is 0 Å². The maximum absolute atomic E-state index is 12.2. The quantitative estimate of drug-likeness (QED) is 0.825. The molecule has 0 amide bonds. The molecule has 0 aliphatic carbocycles. The highest BCUT2D eigenvalue weighted by Crippen LogP contribution is 2.27. The molecule has 7 heteroatoms. The predicted octanol–water partition coefficient (Wildman–Crippen LogP) is 2.84. The average Bonchev–Trinajstić information content (AvgIpc) is 2.42. The predicted molar refractivity (Wildman–Crippen MR) is 82.4 cm³/mol. The van der Waals surface area contributed by atoms with Crippen molar-refractivity contribution in [2.24, 2.45) is 0 Å². The van der Waals surface area contributed by atoms with E-state index in [2.05, 4.69) is 20.7 Å². The summed E-state index contributed by atoms with van der Waals surface area (Å²) in [7, 11) is -2.13. The number of halogens is 1. The van der Waals surface area contributed by atoms with Crippen LogP contribution in [0.1, 0.15) is 0 Å². The van der Waals surface area contributed by atoms with Gasteiger partial charge in [-0.15, -0.1) is 0 Å². The molecule has 0 heterocycles. The monoisotopic (exact) mass is 356 g/mol. The van der Waals surface area contributed by atoms with Gasteiger partial charge < -0.3 is 10.5 Å². The summed E-state index contributed by atoms with van der Waals surface area (Å²) in [6.07, 6.45) is 0. The molecule has 0 atom stereocenters. The third kappa shape index (κ3) is 3.23. The molecule has 0 unspecified atom stereocenters. The Morgan fingerprint density at radius 2 is 1.80 bits per heavy atom. The Balaban J connectivity index is 2.30. The van der Waals surface area contributed by atoms with Crippen LogP contribution < -0.4 is 15.2 Å². The second-order valence-corrected chi connectivity index (χ2v) is 6.56. The molecule has 0 aliphatic heterocycles. The molecular formula is C13H13BrN2O3S. The molecule has 20 heavy (non-hydrogen) atoms. The maximum Gasteiger partial charge on any atom is 0.261 e. The van der Waals surface area contributed by atoms with Gasteiger partial charge in [-0.05, 0) is 58.4 Å². The summed E-state index contributed by atoms with van der Waals surface area (Å²) >= 11 is 3.27. The number of nitrogens with two attached hydrogens (primary N) is 1. The fourth-order valence-corrected chi connectivity index (χ4v) is 3.28. The van der Waals surface area contributed by atoms with E-state index in [0.717, 1.165) is 0 Å². The van der Waals surface area contributed by atoms with Crippen LogP contribution >= 0.6 is 15.9 Å². The fourth-order valence-electron chi connectivity index (χ4n) is 1.57. The van der Waals surface area contributed by atoms with Crippen LogP contribution in [0.3, 0.4) is 0 Å². The molecule has 0 aliphatic rings. The topological polar surface area (TPSA) is 81.4 Å². The molecule has 2 aromatic carbocycles. The molecular weight excluding hydrogens is 344 g/mol. The average molecular weight is 357 g/mol. The number of benzene rings is 2. The molecule has 0 aromatic heterocycles. The van der Waals surface area contributed by atoms with Crippen LogP contribution in [-0.2, 0) is 10.0 Å². The molecule has 0 saturated carbocycles. The molecule has 5 nitrogen and oxygen atoms in total. The first kappa shape index (κ1) is 14.7. The standard InChI is InChI=1S/C13H13BrN2O3S/c1-19-10-3-5-11(6-4-10)20(17,18)16-13-7-2-9(15)8-12(13)14/h2-8,16H,15H2,1H3. The van der Waals surface area contributed by atoms with Gasteiger partial charge >= 0.3 is 0 Å². The smallest absolute Gasteiger partial charge is 0.261 e. The zero-order chi connectivity index (χ0) is 14.8. The van der Waals surface area contributed by atoms with Crippen molar-refractivity contribution in [3.05, 3.63) is 46.9 Å². The Bertz CT molecular complexity index is 715. The highest BCUT2D eigenvalue weighted by atomic mass is 79.9. The number of nitrogen functional groups attached to an aromatic ring is 1. The van der Waals surface area contributed by atoms with E-state index in [9.17, 15) is 8.42 Å². The van der Waals surface area contributed by atoms with Crippen molar-refractivity contribution in [2.45, 2.75) is 4.90 Å². The third-order valence-electron chi connectivity index (χ3n) is 2.61. The van der Waals surface area contributed by atoms with Gasteiger partial charge in [0, 0.05) is 10.2 Å². The number of ether oxygens (including phenoxy) is 1. The fraction of sp³-hybridized carbons (Fsp3) is 0.0769. The minimum absolute atomic E-state index is 0.155. The van der Waals surface area contributed by atoms with Crippen LogP contribution in [-0.4, -0.2) is 15.5 Å². The van der Waals surface area contributed by atoms with E-state index < -0.39 is 10.0 Å². The highest BCUT2D eigenvalue weighted by Gasteiger charge is 2.15. The van der Waals surface area contributed by atoms with E-state index in [-0.39, 0.29) is 4.90 Å². The second kappa shape index (κ2) is 5.72. The van der Waals surface area contributed by atoms with E-state index >= 15 is 0 Å². The Hall–Kier alpha value is -1.73. The van der Waals surface area contributed by atoms with Crippen molar-refractivity contribution in [3.63, 3.8) is 0 Å². The van der Waals surface area contributed by atoms with Crippen molar-refractivity contribution < 1.29 is 13.2 Å². The molecule has 0 bridgehead atoms. The molecule has 0 fully saturated rings. The lowest BCUT2D eigenvalue weighted by atomic mass is 10.3. The Morgan fingerprint density at radius 1 is 1.15 bits per heavy atom. The van der Waals surface area contributed by atoms with E-state index in [1.54, 1.807) is 30.3 Å². The molecule has 2 aromatic rings. The van der Waals surface area contributed by atoms with E-state index in [1.165, 1.54) is 19.2 Å². The summed E-state index contributed by atoms with van der Waals surface area (Å²) in [6.45, 7) is 0. The number of methoxy groups -OCH3 is 1. The molecule has 3 N–H and O–H groups in total. The number of hydrogen-bond acceptors (Lipinski definition) is 4. The third-order valence-corrected chi connectivity index (χ3v) is 4.64. The molecule has 2 rings (SSSR count). The van der Waals surface area contributed by atoms with E-state index in [4.69, 9.17) is 10.5 Å². The molecule has 106 valence electrons. The minimum Gasteiger partial charge on any atom is -0.497 e. The summed E-state index contributed by atoms with van der Waals surface area (Å²) in [5.74, 6) is 0.595. The largest absolute Gasteiger partial charge is 0.497 e. The summed E-state index contributed by atoms with van der Waals surface area (Å²) in [4.78, 5) is 0.155. The van der Waals surface area contributed by atoms with Gasteiger partial charge in [-0.1, -0.05) is 0 Å². The zero-order valence-electron chi connectivity index (χ0n) is 10.6. The van der Waals surface area contributed by atoms with Gasteiger partial charge in [-0.3, -0.25) is 4.72 Å². The van der Waals surface area contributed by atoms with Gasteiger partial charge in [0.2, 0.25) is 0 Å². The molecule has 0 saturated heterocycles. The van der Waals surface area contributed by atoms with Crippen molar-refractivity contribution >= 4 is 37.3 Å². The Labute approximate surface area is 125 Å². The minimum atomic E-state index is -3.65. The van der Waals surface area contributed by atoms with Gasteiger partial charge in [0.1, 0.15) is 5.75 Å². The number of sulfonamides is 1. The van der Waals surface area contributed by atoms with Crippen LogP contribution in [0.5, 0.6) is 5.75 Å². The van der Waals surface area contributed by atoms with Gasteiger partial charge in [0.15, 0.2) is 0 Å². The second-order valence-electron chi connectivity index (χ2n) is 4.02. The lowest BCUT2D eigenvalue weighted by Crippen LogP contribution is -2.13. The Morgan fingerprint density at radius 3 is 2.35 bits per heavy atom. The molecule has 0 radical (unpaired) electrons. The summed E-state index contributed by atoms with van der Waals surface area (Å²) < 4.78 is 32.5. The first-order valence-electron chi connectivity index (χ1n) is 5.64.